The summed E-state index contributed by atoms with van der Waals surface area (Å²) in [5.41, 5.74) is 0. The van der Waals surface area contributed by atoms with Crippen LogP contribution in [0.15, 0.2) is 0 Å². The molecule has 13 heavy (non-hydrogen) atoms. The summed E-state index contributed by atoms with van der Waals surface area (Å²) in [5.74, 6) is 1.61. The Morgan fingerprint density at radius 1 is 1.08 bits per heavy atom. The van der Waals surface area contributed by atoms with Crippen molar-refractivity contribution in [1.82, 2.24) is 4.90 Å². The first kappa shape index (κ1) is 10.8. The Bertz CT molecular complexity index is 201. The van der Waals surface area contributed by atoms with E-state index in [1.807, 2.05) is 0 Å². The van der Waals surface area contributed by atoms with Gasteiger partial charge in [-0.25, -0.2) is 0 Å². The molecule has 0 N–H and O–H groups in total. The molecule has 3 heteroatoms. The third kappa shape index (κ3) is 2.37. The van der Waals surface area contributed by atoms with Gasteiger partial charge in [0.25, 0.3) is 0 Å². The van der Waals surface area contributed by atoms with Crippen LogP contribution < -0.4 is 12.4 Å². The second kappa shape index (κ2) is 4.85. The van der Waals surface area contributed by atoms with Gasteiger partial charge in [-0.1, -0.05) is 0 Å². The number of amidine groups is 1. The SMILES string of the molecule is C[N+]1=C2CCCCCN2CCC1.[Cl-]. The lowest BCUT2D eigenvalue weighted by atomic mass is 10.2. The number of hydrogen-bond donors (Lipinski definition) is 0. The van der Waals surface area contributed by atoms with Crippen molar-refractivity contribution in [2.24, 2.45) is 0 Å². The molecular formula is C10H19ClN2. The van der Waals surface area contributed by atoms with Crippen LogP contribution in [0.3, 0.4) is 0 Å². The van der Waals surface area contributed by atoms with Gasteiger partial charge < -0.3 is 12.4 Å². The molecule has 76 valence electrons. The van der Waals surface area contributed by atoms with Gasteiger partial charge in [0.15, 0.2) is 0 Å². The van der Waals surface area contributed by atoms with Crippen molar-refractivity contribution in [2.75, 3.05) is 26.7 Å². The predicted octanol–water partition coefficient (Wildman–Crippen LogP) is -1.69. The highest BCUT2D eigenvalue weighted by Crippen LogP contribution is 2.14. The Morgan fingerprint density at radius 2 is 1.85 bits per heavy atom. The van der Waals surface area contributed by atoms with E-state index >= 15 is 0 Å². The average Bonchev–Trinajstić information content (AvgIpc) is 2.30. The lowest BCUT2D eigenvalue weighted by Gasteiger charge is -2.23. The summed E-state index contributed by atoms with van der Waals surface area (Å²) >= 11 is 0. The Balaban J connectivity index is 0.000000845. The molecule has 0 aromatic rings. The van der Waals surface area contributed by atoms with E-state index in [4.69, 9.17) is 0 Å². The molecule has 0 bridgehead atoms. The fourth-order valence-electron chi connectivity index (χ4n) is 2.35. The van der Waals surface area contributed by atoms with E-state index < -0.39 is 0 Å². The molecule has 0 saturated carbocycles. The van der Waals surface area contributed by atoms with E-state index in [-0.39, 0.29) is 12.4 Å². The lowest BCUT2D eigenvalue weighted by molar-refractivity contribution is -0.510. The number of fused-ring (bicyclic) bond motifs is 1. The van der Waals surface area contributed by atoms with Crippen molar-refractivity contribution in [3.05, 3.63) is 0 Å². The van der Waals surface area contributed by atoms with Crippen LogP contribution in [-0.4, -0.2) is 42.0 Å². The Hall–Kier alpha value is -0.240. The summed E-state index contributed by atoms with van der Waals surface area (Å²) in [6, 6.07) is 0. The summed E-state index contributed by atoms with van der Waals surface area (Å²) in [5, 5.41) is 0. The highest BCUT2D eigenvalue weighted by atomic mass is 35.5. The molecular weight excluding hydrogens is 184 g/mol. The third-order valence-electron chi connectivity index (χ3n) is 3.06. The normalized spacial score (nSPS) is 23.3. The molecule has 2 rings (SSSR count). The highest BCUT2D eigenvalue weighted by molar-refractivity contribution is 5.78. The van der Waals surface area contributed by atoms with Crippen molar-refractivity contribution in [3.63, 3.8) is 0 Å². The quantitative estimate of drug-likeness (QED) is 0.425. The second-order valence-corrected chi connectivity index (χ2v) is 3.99. The van der Waals surface area contributed by atoms with Crippen LogP contribution in [0.5, 0.6) is 0 Å². The van der Waals surface area contributed by atoms with Crippen LogP contribution in [0.1, 0.15) is 32.1 Å². The van der Waals surface area contributed by atoms with E-state index in [2.05, 4.69) is 16.5 Å². The number of halogens is 1. The minimum Gasteiger partial charge on any atom is -1.00 e. The molecule has 0 radical (unpaired) electrons. The number of nitrogens with zero attached hydrogens (tertiary/aromatic N) is 2. The minimum absolute atomic E-state index is 0. The second-order valence-electron chi connectivity index (χ2n) is 3.99. The standard InChI is InChI=1S/C10H19N2.ClH/c1-11-7-5-9-12-8-4-2-3-6-10(11)12;/h2-9H2,1H3;1H/q+1;/p-1. The molecule has 2 aliphatic heterocycles. The van der Waals surface area contributed by atoms with Crippen molar-refractivity contribution < 1.29 is 17.0 Å². The van der Waals surface area contributed by atoms with E-state index in [1.165, 1.54) is 51.7 Å². The summed E-state index contributed by atoms with van der Waals surface area (Å²) < 4.78 is 2.45. The molecule has 0 atom stereocenters. The molecule has 1 saturated heterocycles. The van der Waals surface area contributed by atoms with Gasteiger partial charge in [0.2, 0.25) is 5.84 Å². The van der Waals surface area contributed by atoms with Gasteiger partial charge in [0.05, 0.1) is 26.7 Å². The van der Waals surface area contributed by atoms with Crippen molar-refractivity contribution in [1.29, 1.82) is 0 Å². The minimum atomic E-state index is 0. The Kier molecular flexibility index (Phi) is 4.04. The van der Waals surface area contributed by atoms with Gasteiger partial charge in [-0.15, -0.1) is 0 Å². The zero-order valence-corrected chi connectivity index (χ0v) is 9.19. The topological polar surface area (TPSA) is 6.25 Å². The van der Waals surface area contributed by atoms with Gasteiger partial charge in [-0.3, -0.25) is 9.48 Å². The zero-order valence-electron chi connectivity index (χ0n) is 8.43. The molecule has 2 heterocycles. The Labute approximate surface area is 87.0 Å². The summed E-state index contributed by atoms with van der Waals surface area (Å²) in [4.78, 5) is 2.59. The van der Waals surface area contributed by atoms with E-state index in [1.54, 1.807) is 5.84 Å². The average molecular weight is 203 g/mol. The fraction of sp³-hybridized carbons (Fsp3) is 0.900. The van der Waals surface area contributed by atoms with Crippen molar-refractivity contribution in [2.45, 2.75) is 32.1 Å². The first-order chi connectivity index (χ1) is 5.88. The molecule has 0 amide bonds. The highest BCUT2D eigenvalue weighted by Gasteiger charge is 2.26. The number of hydrogen-bond acceptors (Lipinski definition) is 1. The van der Waals surface area contributed by atoms with Crippen LogP contribution in [0.4, 0.5) is 0 Å². The molecule has 2 nitrogen and oxygen atoms in total. The van der Waals surface area contributed by atoms with Crippen LogP contribution in [0.2, 0.25) is 0 Å². The summed E-state index contributed by atoms with van der Waals surface area (Å²) in [6.07, 6.45) is 6.89. The van der Waals surface area contributed by atoms with E-state index in [0.717, 1.165) is 0 Å². The number of rotatable bonds is 0. The van der Waals surface area contributed by atoms with Gasteiger partial charge in [-0.05, 0) is 19.3 Å². The maximum Gasteiger partial charge on any atom is 0.246 e. The molecule has 2 aliphatic rings. The zero-order chi connectivity index (χ0) is 8.39. The Morgan fingerprint density at radius 3 is 2.69 bits per heavy atom. The van der Waals surface area contributed by atoms with E-state index in [9.17, 15) is 0 Å². The van der Waals surface area contributed by atoms with Gasteiger partial charge >= 0.3 is 0 Å². The van der Waals surface area contributed by atoms with E-state index in [0.29, 0.717) is 0 Å². The van der Waals surface area contributed by atoms with Crippen LogP contribution >= 0.6 is 0 Å². The molecule has 0 aliphatic carbocycles. The molecule has 0 aromatic heterocycles. The largest absolute Gasteiger partial charge is 1.00 e. The first-order valence-corrected chi connectivity index (χ1v) is 5.20. The lowest BCUT2D eigenvalue weighted by Crippen LogP contribution is -3.00. The molecule has 0 aromatic carbocycles. The third-order valence-corrected chi connectivity index (χ3v) is 3.06. The fourth-order valence-corrected chi connectivity index (χ4v) is 2.35. The maximum atomic E-state index is 2.59. The van der Waals surface area contributed by atoms with Gasteiger partial charge in [0.1, 0.15) is 0 Å². The monoisotopic (exact) mass is 202 g/mol. The predicted molar refractivity (Wildman–Crippen MR) is 50.7 cm³/mol. The van der Waals surface area contributed by atoms with Crippen molar-refractivity contribution >= 4 is 5.84 Å². The van der Waals surface area contributed by atoms with Crippen LogP contribution in [0.25, 0.3) is 0 Å². The first-order valence-electron chi connectivity index (χ1n) is 5.20. The summed E-state index contributed by atoms with van der Waals surface area (Å²) in [7, 11) is 2.24. The smallest absolute Gasteiger partial charge is 0.246 e. The van der Waals surface area contributed by atoms with Gasteiger partial charge in [0, 0.05) is 12.8 Å². The molecule has 0 unspecified atom stereocenters. The molecule has 1 fully saturated rings. The van der Waals surface area contributed by atoms with Crippen LogP contribution in [-0.2, 0) is 0 Å². The summed E-state index contributed by atoms with van der Waals surface area (Å²) in [6.45, 7) is 3.88. The maximum absolute atomic E-state index is 2.59. The van der Waals surface area contributed by atoms with Crippen molar-refractivity contribution in [3.8, 4) is 0 Å². The van der Waals surface area contributed by atoms with Crippen LogP contribution in [0, 0.1) is 0 Å². The molecule has 0 spiro atoms. The van der Waals surface area contributed by atoms with Gasteiger partial charge in [-0.2, -0.15) is 0 Å².